The van der Waals surface area contributed by atoms with Crippen LogP contribution in [-0.4, -0.2) is 24.4 Å². The van der Waals surface area contributed by atoms with Gasteiger partial charge in [0.05, 0.1) is 35.3 Å². The number of rotatable bonds is 7. The summed E-state index contributed by atoms with van der Waals surface area (Å²) in [5.74, 6) is -0.987. The Morgan fingerprint density at radius 1 is 1.24 bits per heavy atom. The molecule has 6 nitrogen and oxygen atoms in total. The lowest BCUT2D eigenvalue weighted by Gasteiger charge is -2.22. The third kappa shape index (κ3) is 3.62. The van der Waals surface area contributed by atoms with Crippen LogP contribution >= 0.6 is 0 Å². The van der Waals surface area contributed by atoms with Crippen molar-refractivity contribution in [3.8, 4) is 6.07 Å². The highest BCUT2D eigenvalue weighted by Crippen LogP contribution is 2.73. The molecule has 2 aromatic carbocycles. The van der Waals surface area contributed by atoms with Crippen LogP contribution in [0.15, 0.2) is 59.8 Å². The fourth-order valence-electron chi connectivity index (χ4n) is 4.11. The molecule has 0 amide bonds. The van der Waals surface area contributed by atoms with Crippen molar-refractivity contribution in [3.05, 3.63) is 71.3 Å². The molecular formula is C23H24N2O4. The van der Waals surface area contributed by atoms with Crippen LogP contribution in [0.5, 0.6) is 0 Å². The highest BCUT2D eigenvalue weighted by molar-refractivity contribution is 5.89. The van der Waals surface area contributed by atoms with Gasteiger partial charge in [-0.2, -0.15) is 5.26 Å². The Hall–Kier alpha value is -3.17. The smallest absolute Gasteiger partial charge is 0.310 e. The average molecular weight is 392 g/mol. The van der Waals surface area contributed by atoms with Gasteiger partial charge in [0, 0.05) is 0 Å². The lowest BCUT2D eigenvalue weighted by Crippen LogP contribution is -2.24. The van der Waals surface area contributed by atoms with E-state index in [1.165, 1.54) is 13.3 Å². The lowest BCUT2D eigenvalue weighted by molar-refractivity contribution is -0.148. The minimum atomic E-state index is -0.940. The van der Waals surface area contributed by atoms with Gasteiger partial charge >= 0.3 is 5.97 Å². The van der Waals surface area contributed by atoms with Gasteiger partial charge in [-0.25, -0.2) is 0 Å². The summed E-state index contributed by atoms with van der Waals surface area (Å²) in [6.07, 6.45) is 0.586. The molecule has 1 fully saturated rings. The average Bonchev–Trinajstić information content (AvgIpc) is 3.26. The molecule has 0 heterocycles. The van der Waals surface area contributed by atoms with Gasteiger partial charge in [0.15, 0.2) is 0 Å². The van der Waals surface area contributed by atoms with Crippen LogP contribution in [0.2, 0.25) is 0 Å². The third-order valence-corrected chi connectivity index (χ3v) is 5.87. The molecule has 2 aromatic rings. The number of hydrogen-bond acceptors (Lipinski definition) is 6. The molecule has 29 heavy (non-hydrogen) atoms. The van der Waals surface area contributed by atoms with Gasteiger partial charge in [-0.3, -0.25) is 4.79 Å². The number of ether oxygens (including phenoxy) is 1. The molecular weight excluding hydrogens is 368 g/mol. The van der Waals surface area contributed by atoms with Gasteiger partial charge in [-0.05, 0) is 28.7 Å². The van der Waals surface area contributed by atoms with Crippen molar-refractivity contribution >= 4 is 12.2 Å². The Bertz CT molecular complexity index is 932. The van der Waals surface area contributed by atoms with Crippen molar-refractivity contribution < 1.29 is 19.5 Å². The lowest BCUT2D eigenvalue weighted by atomic mass is 9.86. The fourth-order valence-corrected chi connectivity index (χ4v) is 4.11. The van der Waals surface area contributed by atoms with Gasteiger partial charge in [0.2, 0.25) is 0 Å². The van der Waals surface area contributed by atoms with Gasteiger partial charge in [-0.15, -0.1) is 0 Å². The number of nitrogens with zero attached hydrogens (tertiary/aromatic N) is 2. The van der Waals surface area contributed by atoms with E-state index in [2.05, 4.69) is 11.2 Å². The zero-order chi connectivity index (χ0) is 21.1. The summed E-state index contributed by atoms with van der Waals surface area (Å²) in [5, 5.41) is 23.9. The molecule has 3 unspecified atom stereocenters. The van der Waals surface area contributed by atoms with Gasteiger partial charge in [0.1, 0.15) is 13.7 Å². The van der Waals surface area contributed by atoms with E-state index in [4.69, 9.17) is 14.8 Å². The second kappa shape index (κ2) is 8.06. The molecule has 0 bridgehead atoms. The van der Waals surface area contributed by atoms with Crippen LogP contribution in [0.1, 0.15) is 36.6 Å². The number of benzene rings is 2. The Morgan fingerprint density at radius 3 is 2.48 bits per heavy atom. The molecule has 6 heteroatoms. The number of carbonyl (C=O) groups excluding carboxylic acids is 1. The van der Waals surface area contributed by atoms with Crippen LogP contribution in [0.25, 0.3) is 0 Å². The first-order valence-electron chi connectivity index (χ1n) is 9.35. The maximum atomic E-state index is 12.9. The number of nitriles is 1. The van der Waals surface area contributed by atoms with E-state index < -0.39 is 28.8 Å². The number of oxime groups is 1. The Morgan fingerprint density at radius 2 is 1.90 bits per heavy atom. The highest BCUT2D eigenvalue weighted by atomic mass is 16.6. The molecule has 3 atom stereocenters. The Kier molecular flexibility index (Phi) is 5.71. The summed E-state index contributed by atoms with van der Waals surface area (Å²) >= 11 is 0. The van der Waals surface area contributed by atoms with E-state index in [0.717, 1.165) is 5.56 Å². The van der Waals surface area contributed by atoms with Crippen molar-refractivity contribution in [2.45, 2.75) is 26.6 Å². The van der Waals surface area contributed by atoms with Crippen molar-refractivity contribution in [2.24, 2.45) is 21.9 Å². The molecule has 0 radical (unpaired) electrons. The molecule has 3 rings (SSSR count). The van der Waals surface area contributed by atoms with Crippen molar-refractivity contribution in [2.75, 3.05) is 7.11 Å². The molecule has 1 aliphatic rings. The SMILES string of the molecule is CO/N=C/C1(C(O)c2ccccc2)C(C(=O)OCc2ccc(C#N)cc2)C1(C)C. The van der Waals surface area contributed by atoms with E-state index in [1.807, 2.05) is 44.2 Å². The predicted octanol–water partition coefficient (Wildman–Crippen LogP) is 3.61. The molecule has 1 N–H and O–H groups in total. The zero-order valence-corrected chi connectivity index (χ0v) is 16.7. The molecule has 1 aliphatic carbocycles. The monoisotopic (exact) mass is 392 g/mol. The Labute approximate surface area is 170 Å². The fraction of sp³-hybridized carbons (Fsp3) is 0.348. The molecule has 150 valence electrons. The van der Waals surface area contributed by atoms with E-state index in [0.29, 0.717) is 11.1 Å². The topological polar surface area (TPSA) is 91.9 Å². The normalized spacial score (nSPS) is 23.2. The first-order chi connectivity index (χ1) is 13.9. The zero-order valence-electron chi connectivity index (χ0n) is 16.7. The Balaban J connectivity index is 1.81. The first-order valence-corrected chi connectivity index (χ1v) is 9.35. The van der Waals surface area contributed by atoms with Gasteiger partial charge in [0.25, 0.3) is 0 Å². The highest BCUT2D eigenvalue weighted by Gasteiger charge is 2.77. The maximum Gasteiger partial charge on any atom is 0.310 e. The first kappa shape index (κ1) is 20.6. The van der Waals surface area contributed by atoms with Crippen molar-refractivity contribution in [3.63, 3.8) is 0 Å². The summed E-state index contributed by atoms with van der Waals surface area (Å²) in [7, 11) is 1.42. The molecule has 0 aromatic heterocycles. The van der Waals surface area contributed by atoms with Crippen LogP contribution in [0, 0.1) is 28.1 Å². The number of carbonyl (C=O) groups is 1. The van der Waals surface area contributed by atoms with Crippen LogP contribution in [-0.2, 0) is 21.0 Å². The van der Waals surface area contributed by atoms with Gasteiger partial charge in [-0.1, -0.05) is 61.5 Å². The summed E-state index contributed by atoms with van der Waals surface area (Å²) < 4.78 is 5.55. The van der Waals surface area contributed by atoms with E-state index in [-0.39, 0.29) is 6.61 Å². The summed E-state index contributed by atoms with van der Waals surface area (Å²) in [6, 6.07) is 18.1. The number of esters is 1. The third-order valence-electron chi connectivity index (χ3n) is 5.87. The second-order valence-corrected chi connectivity index (χ2v) is 7.73. The van der Waals surface area contributed by atoms with E-state index >= 15 is 0 Å². The minimum absolute atomic E-state index is 0.0933. The molecule has 0 aliphatic heterocycles. The van der Waals surface area contributed by atoms with Crippen LogP contribution < -0.4 is 0 Å². The molecule has 1 saturated carbocycles. The minimum Gasteiger partial charge on any atom is -0.461 e. The van der Waals surface area contributed by atoms with Crippen molar-refractivity contribution in [1.82, 2.24) is 0 Å². The van der Waals surface area contributed by atoms with Crippen molar-refractivity contribution in [1.29, 1.82) is 5.26 Å². The largest absolute Gasteiger partial charge is 0.461 e. The summed E-state index contributed by atoms with van der Waals surface area (Å²) in [6.45, 7) is 3.92. The number of aliphatic hydroxyl groups excluding tert-OH is 1. The standard InChI is InChI=1S/C23H24N2O4/c1-22(2)19(21(27)29-14-17-11-9-16(13-24)10-12-17)23(22,15-25-28-3)20(26)18-7-5-4-6-8-18/h4-12,15,19-20,26H,14H2,1-3H3/b25-15+. The van der Waals surface area contributed by atoms with E-state index in [9.17, 15) is 9.90 Å². The number of aliphatic hydroxyl groups is 1. The second-order valence-electron chi connectivity index (χ2n) is 7.73. The van der Waals surface area contributed by atoms with Crippen LogP contribution in [0.4, 0.5) is 0 Å². The summed E-state index contributed by atoms with van der Waals surface area (Å²) in [4.78, 5) is 17.8. The maximum absolute atomic E-state index is 12.9. The molecule has 0 saturated heterocycles. The quantitative estimate of drug-likeness (QED) is 0.441. The van der Waals surface area contributed by atoms with Crippen LogP contribution in [0.3, 0.4) is 0 Å². The van der Waals surface area contributed by atoms with Gasteiger partial charge < -0.3 is 14.7 Å². The summed E-state index contributed by atoms with van der Waals surface area (Å²) in [5.41, 5.74) is 0.517. The van der Waals surface area contributed by atoms with E-state index in [1.54, 1.807) is 24.3 Å². The number of hydrogen-bond donors (Lipinski definition) is 1. The predicted molar refractivity (Wildman–Crippen MR) is 108 cm³/mol. The molecule has 0 spiro atoms.